The minimum atomic E-state index is -3.59. The first-order valence-electron chi connectivity index (χ1n) is 10.3. The Morgan fingerprint density at radius 1 is 1.27 bits per heavy atom. The number of aliphatic hydroxyl groups is 1. The van der Waals surface area contributed by atoms with E-state index in [2.05, 4.69) is 22.0 Å². The van der Waals surface area contributed by atoms with Crippen LogP contribution in [0.25, 0.3) is 11.3 Å². The zero-order valence-corrected chi connectivity index (χ0v) is 19.5. The molecule has 11 heteroatoms. The largest absolute Gasteiger partial charge is 0.385 e. The summed E-state index contributed by atoms with van der Waals surface area (Å²) in [6.07, 6.45) is 2.78. The maximum atomic E-state index is 11.4. The maximum Gasteiger partial charge on any atom is 0.276 e. The standard InChI is InChI=1S/C22H23N5O4S.ClH/c1-14(28)22-24-8-9-26(22)11-17-10-21(31-25-17)16-5-2-15(3-6-16)4-7-18-19-12-27(13-20(18)19)32(23,29)30;/h2-3,5-6,8-10,14,18-20,28H,11-13H2,1H3,(H2,23,29,30);1H/t14-,18?,19-,20+;/m0./s1. The third-order valence-electron chi connectivity index (χ3n) is 6.09. The van der Waals surface area contributed by atoms with Crippen LogP contribution >= 0.6 is 12.4 Å². The van der Waals surface area contributed by atoms with E-state index in [0.29, 0.717) is 31.2 Å². The Morgan fingerprint density at radius 3 is 2.61 bits per heavy atom. The zero-order chi connectivity index (χ0) is 22.5. The number of rotatable bonds is 5. The van der Waals surface area contributed by atoms with Gasteiger partial charge < -0.3 is 14.2 Å². The molecule has 1 saturated heterocycles. The Labute approximate surface area is 198 Å². The van der Waals surface area contributed by atoms with Gasteiger partial charge in [-0.05, 0) is 43.0 Å². The zero-order valence-electron chi connectivity index (χ0n) is 17.8. The molecule has 1 aliphatic heterocycles. The van der Waals surface area contributed by atoms with Gasteiger partial charge in [-0.3, -0.25) is 0 Å². The van der Waals surface area contributed by atoms with Crippen LogP contribution in [0.3, 0.4) is 0 Å². The summed E-state index contributed by atoms with van der Waals surface area (Å²) in [7, 11) is -3.59. The highest BCUT2D eigenvalue weighted by atomic mass is 35.5. The van der Waals surface area contributed by atoms with Gasteiger partial charge in [-0.15, -0.1) is 12.4 Å². The van der Waals surface area contributed by atoms with E-state index in [4.69, 9.17) is 9.66 Å². The lowest BCUT2D eigenvalue weighted by molar-refractivity contribution is 0.184. The number of hydrogen-bond donors (Lipinski definition) is 2. The number of imidazole rings is 1. The molecule has 1 aliphatic carbocycles. The summed E-state index contributed by atoms with van der Waals surface area (Å²) >= 11 is 0. The molecule has 3 N–H and O–H groups in total. The lowest BCUT2D eigenvalue weighted by Gasteiger charge is -2.14. The van der Waals surface area contributed by atoms with E-state index in [1.807, 2.05) is 34.9 Å². The van der Waals surface area contributed by atoms with Crippen LogP contribution in [-0.2, 0) is 16.8 Å². The molecule has 33 heavy (non-hydrogen) atoms. The average molecular weight is 490 g/mol. The van der Waals surface area contributed by atoms with Gasteiger partial charge in [0, 0.05) is 48.6 Å². The van der Waals surface area contributed by atoms with Crippen molar-refractivity contribution in [3.63, 3.8) is 0 Å². The summed E-state index contributed by atoms with van der Waals surface area (Å²) in [5, 5.41) is 19.1. The number of halogens is 1. The van der Waals surface area contributed by atoms with Gasteiger partial charge in [-0.25, -0.2) is 10.1 Å². The molecular weight excluding hydrogens is 466 g/mol. The Kier molecular flexibility index (Phi) is 6.35. The summed E-state index contributed by atoms with van der Waals surface area (Å²) in [5.41, 5.74) is 2.52. The monoisotopic (exact) mass is 489 g/mol. The average Bonchev–Trinajstić information content (AvgIpc) is 3.24. The molecule has 5 rings (SSSR count). The second kappa shape index (κ2) is 8.93. The minimum absolute atomic E-state index is 0. The van der Waals surface area contributed by atoms with Crippen molar-refractivity contribution >= 4 is 22.6 Å². The highest BCUT2D eigenvalue weighted by molar-refractivity contribution is 7.86. The number of piperidine rings is 1. The lowest BCUT2D eigenvalue weighted by Crippen LogP contribution is -2.36. The first-order valence-corrected chi connectivity index (χ1v) is 11.8. The maximum absolute atomic E-state index is 11.4. The minimum Gasteiger partial charge on any atom is -0.385 e. The normalized spacial score (nSPS) is 22.7. The van der Waals surface area contributed by atoms with Crippen molar-refractivity contribution in [1.29, 1.82) is 0 Å². The highest BCUT2D eigenvalue weighted by Crippen LogP contribution is 2.51. The van der Waals surface area contributed by atoms with Crippen molar-refractivity contribution in [1.82, 2.24) is 19.0 Å². The molecule has 1 unspecified atom stereocenters. The highest BCUT2D eigenvalue weighted by Gasteiger charge is 2.56. The molecule has 0 bridgehead atoms. The Balaban J connectivity index is 0.00000259. The molecule has 1 saturated carbocycles. The SMILES string of the molecule is C[C@H](O)c1nccn1Cc1cc(-c2ccc(C#CC3[C@H]4CN(S(N)(=O)=O)C[C@@H]34)cc2)on1.Cl. The predicted molar refractivity (Wildman–Crippen MR) is 123 cm³/mol. The van der Waals surface area contributed by atoms with Crippen LogP contribution in [0, 0.1) is 29.6 Å². The van der Waals surface area contributed by atoms with Gasteiger partial charge in [0.1, 0.15) is 17.6 Å². The lowest BCUT2D eigenvalue weighted by atomic mass is 10.1. The smallest absolute Gasteiger partial charge is 0.276 e. The fourth-order valence-electron chi connectivity index (χ4n) is 4.31. The molecule has 0 amide bonds. The van der Waals surface area contributed by atoms with E-state index in [9.17, 15) is 13.5 Å². The molecule has 2 aromatic heterocycles. The Morgan fingerprint density at radius 2 is 1.97 bits per heavy atom. The second-order valence-corrected chi connectivity index (χ2v) is 9.88. The Hall–Kier alpha value is -2.68. The van der Waals surface area contributed by atoms with Crippen LogP contribution in [-0.4, -0.2) is 45.6 Å². The van der Waals surface area contributed by atoms with Crippen molar-refractivity contribution in [2.24, 2.45) is 22.9 Å². The summed E-state index contributed by atoms with van der Waals surface area (Å²) in [6.45, 7) is 3.06. The number of nitrogens with zero attached hydrogens (tertiary/aromatic N) is 4. The molecule has 2 fully saturated rings. The molecule has 4 atom stereocenters. The van der Waals surface area contributed by atoms with Crippen molar-refractivity contribution in [2.75, 3.05) is 13.1 Å². The molecule has 9 nitrogen and oxygen atoms in total. The molecule has 2 aliphatic rings. The van der Waals surface area contributed by atoms with Gasteiger partial charge in [0.2, 0.25) is 0 Å². The van der Waals surface area contributed by atoms with E-state index in [1.54, 1.807) is 19.3 Å². The van der Waals surface area contributed by atoms with E-state index >= 15 is 0 Å². The third-order valence-corrected chi connectivity index (χ3v) is 7.10. The molecule has 3 heterocycles. The van der Waals surface area contributed by atoms with Gasteiger partial charge in [0.25, 0.3) is 10.2 Å². The Bertz CT molecular complexity index is 1290. The van der Waals surface area contributed by atoms with Crippen molar-refractivity contribution < 1.29 is 18.0 Å². The summed E-state index contributed by atoms with van der Waals surface area (Å²) < 4.78 is 31.5. The fraction of sp³-hybridized carbons (Fsp3) is 0.364. The van der Waals surface area contributed by atoms with Crippen LogP contribution in [0.2, 0.25) is 0 Å². The van der Waals surface area contributed by atoms with Gasteiger partial charge in [-0.1, -0.05) is 17.0 Å². The molecular formula is C22H24ClN5O4S. The molecule has 0 radical (unpaired) electrons. The molecule has 1 aromatic carbocycles. The summed E-state index contributed by atoms with van der Waals surface area (Å²) in [5.74, 6) is 8.51. The molecule has 174 valence electrons. The fourth-order valence-corrected chi connectivity index (χ4v) is 5.07. The van der Waals surface area contributed by atoms with Gasteiger partial charge in [0.15, 0.2) is 5.76 Å². The number of hydrogen-bond acceptors (Lipinski definition) is 6. The summed E-state index contributed by atoms with van der Waals surface area (Å²) in [6, 6.07) is 9.60. The van der Waals surface area contributed by atoms with Gasteiger partial charge in [0.05, 0.1) is 6.54 Å². The van der Waals surface area contributed by atoms with Crippen LogP contribution in [0.5, 0.6) is 0 Å². The topological polar surface area (TPSA) is 127 Å². The number of nitrogens with two attached hydrogens (primary N) is 1. The van der Waals surface area contributed by atoms with Crippen LogP contribution in [0.4, 0.5) is 0 Å². The predicted octanol–water partition coefficient (Wildman–Crippen LogP) is 1.79. The quantitative estimate of drug-likeness (QED) is 0.526. The van der Waals surface area contributed by atoms with Crippen LogP contribution < -0.4 is 5.14 Å². The van der Waals surface area contributed by atoms with E-state index in [1.165, 1.54) is 4.31 Å². The number of aromatic nitrogens is 3. The summed E-state index contributed by atoms with van der Waals surface area (Å²) in [4.78, 5) is 4.16. The molecule has 0 spiro atoms. The van der Waals surface area contributed by atoms with Gasteiger partial charge >= 0.3 is 0 Å². The number of fused-ring (bicyclic) bond motifs is 1. The third kappa shape index (κ3) is 4.83. The first-order chi connectivity index (χ1) is 15.3. The van der Waals surface area contributed by atoms with E-state index in [0.717, 1.165) is 16.8 Å². The number of benzene rings is 1. The van der Waals surface area contributed by atoms with Crippen molar-refractivity contribution in [3.05, 3.63) is 59.8 Å². The first kappa shape index (κ1) is 23.5. The van der Waals surface area contributed by atoms with Gasteiger partial charge in [-0.2, -0.15) is 12.7 Å². The van der Waals surface area contributed by atoms with E-state index < -0.39 is 16.3 Å². The van der Waals surface area contributed by atoms with Crippen LogP contribution in [0.15, 0.2) is 47.2 Å². The molecule has 3 aromatic rings. The second-order valence-electron chi connectivity index (χ2n) is 8.33. The van der Waals surface area contributed by atoms with Crippen molar-refractivity contribution in [2.45, 2.75) is 19.6 Å². The van der Waals surface area contributed by atoms with Crippen molar-refractivity contribution in [3.8, 4) is 23.2 Å². The van der Waals surface area contributed by atoms with E-state index in [-0.39, 0.29) is 30.2 Å². The van der Waals surface area contributed by atoms with Crippen LogP contribution in [0.1, 0.15) is 30.1 Å². The number of aliphatic hydroxyl groups excluding tert-OH is 1.